The Balaban J connectivity index is 0.00000133. The van der Waals surface area contributed by atoms with Crippen LogP contribution >= 0.6 is 0 Å². The molecule has 0 bridgehead atoms. The largest absolute Gasteiger partial charge is 1.00 e. The molecule has 0 aliphatic carbocycles. The number of benzene rings is 6. The summed E-state index contributed by atoms with van der Waals surface area (Å²) in [6.07, 6.45) is -1.18. The van der Waals surface area contributed by atoms with Crippen LogP contribution in [-0.4, -0.2) is 32.0 Å². The van der Waals surface area contributed by atoms with Gasteiger partial charge in [0.2, 0.25) is 0 Å². The summed E-state index contributed by atoms with van der Waals surface area (Å²) in [7, 11) is -2.88. The summed E-state index contributed by atoms with van der Waals surface area (Å²) >= 11 is 0. The fraction of sp³-hybridized carbons (Fsp3) is 0.0714. The van der Waals surface area contributed by atoms with E-state index in [0.29, 0.717) is 0 Å². The normalized spacial score (nSPS) is 20.0. The van der Waals surface area contributed by atoms with Gasteiger partial charge in [-0.05, 0) is 104 Å². The quantitative estimate of drug-likeness (QED) is 0.133. The van der Waals surface area contributed by atoms with Crippen molar-refractivity contribution in [3.8, 4) is 0 Å². The van der Waals surface area contributed by atoms with Crippen LogP contribution in [0.25, 0.3) is 53.9 Å². The molecular formula is C28H18Na2O3Si3. The van der Waals surface area contributed by atoms with Crippen molar-refractivity contribution in [2.75, 3.05) is 0 Å². The summed E-state index contributed by atoms with van der Waals surface area (Å²) < 4.78 is 5.23. The summed E-state index contributed by atoms with van der Waals surface area (Å²) in [6.45, 7) is 0. The molecule has 6 aromatic rings. The number of hydrogen-bond donors (Lipinski definition) is 0. The van der Waals surface area contributed by atoms with Crippen molar-refractivity contribution in [1.82, 2.24) is 0 Å². The Morgan fingerprint density at radius 1 is 0.639 bits per heavy atom. The van der Waals surface area contributed by atoms with Gasteiger partial charge in [0, 0.05) is 8.55 Å². The topological polar surface area (TPSA) is 55.3 Å². The summed E-state index contributed by atoms with van der Waals surface area (Å²) in [6, 6.07) is 32.4. The molecule has 0 N–H and O–H groups in total. The molecule has 2 atom stereocenters. The third-order valence-corrected chi connectivity index (χ3v) is 17.9. The second-order valence-corrected chi connectivity index (χ2v) is 18.4. The molecule has 4 radical (unpaired) electrons. The van der Waals surface area contributed by atoms with Gasteiger partial charge in [-0.3, -0.25) is 0 Å². The minimum Gasteiger partial charge on any atom is -0.857 e. The fourth-order valence-corrected chi connectivity index (χ4v) is 15.0. The van der Waals surface area contributed by atoms with Crippen molar-refractivity contribution in [2.45, 2.75) is 12.3 Å². The van der Waals surface area contributed by atoms with Crippen LogP contribution in [-0.2, 0) is 4.43 Å². The molecule has 1 aliphatic rings. The first-order chi connectivity index (χ1) is 16.6. The Labute approximate surface area is 258 Å². The molecule has 0 saturated carbocycles. The first kappa shape index (κ1) is 26.7. The van der Waals surface area contributed by atoms with Crippen LogP contribution in [0.3, 0.4) is 0 Å². The Morgan fingerprint density at radius 2 is 1.19 bits per heavy atom. The summed E-state index contributed by atoms with van der Waals surface area (Å²) in [5, 5.41) is 24.7. The van der Waals surface area contributed by atoms with Crippen LogP contribution in [0, 0.1) is 0 Å². The van der Waals surface area contributed by atoms with Crippen LogP contribution in [0.1, 0.15) is 0 Å². The average molecular weight is 533 g/mol. The molecule has 36 heavy (non-hydrogen) atoms. The molecule has 1 aliphatic heterocycles. The van der Waals surface area contributed by atoms with Gasteiger partial charge >= 0.3 is 59.1 Å². The molecule has 7 rings (SSSR count). The van der Waals surface area contributed by atoms with Crippen LogP contribution < -0.4 is 74.2 Å². The zero-order valence-corrected chi connectivity index (χ0v) is 27.2. The molecule has 1 fully saturated rings. The summed E-state index contributed by atoms with van der Waals surface area (Å²) in [5.41, 5.74) is 0. The first-order valence-corrected chi connectivity index (χ1v) is 17.4. The van der Waals surface area contributed by atoms with Crippen molar-refractivity contribution >= 4 is 84.7 Å². The second-order valence-electron chi connectivity index (χ2n) is 9.09. The van der Waals surface area contributed by atoms with Crippen molar-refractivity contribution in [3.63, 3.8) is 0 Å². The monoisotopic (exact) mass is 532 g/mol. The van der Waals surface area contributed by atoms with Crippen molar-refractivity contribution in [3.05, 3.63) is 91.0 Å². The van der Waals surface area contributed by atoms with Crippen LogP contribution in [0.2, 0.25) is 6.04 Å². The SMILES string of the molecule is [Na+].[Na+].[O-]C1C[Si]([O-])(c2cccc3cc4ccc5cc6cc7ccccc7cc6cc5c4cc23)[Si][Si]O1. The second kappa shape index (κ2) is 10.4. The Hall–Kier alpha value is -0.849. The van der Waals surface area contributed by atoms with E-state index in [-0.39, 0.29) is 83.0 Å². The standard InChI is InChI=1S/C28H18O3Si3.2Na/c29-28-16-34(30,33-32-31-28)27-7-3-6-19-12-20-8-9-21-13-22-10-17-4-1-2-5-18(17)11-23(22)14-24(21)25(20)15-26(19)27;;/h1-15,28H,16H2;;/q-2;2*+1. The molecule has 3 nitrogen and oxygen atoms in total. The molecule has 6 aromatic carbocycles. The third kappa shape index (κ3) is 4.51. The maximum Gasteiger partial charge on any atom is 1.00 e. The maximum atomic E-state index is 13.9. The van der Waals surface area contributed by atoms with Gasteiger partial charge in [0.15, 0.2) is 9.28 Å². The Kier molecular flexibility index (Phi) is 7.71. The van der Waals surface area contributed by atoms with Crippen molar-refractivity contribution < 1.29 is 73.4 Å². The molecule has 1 saturated heterocycles. The smallest absolute Gasteiger partial charge is 0.857 e. The fourth-order valence-electron chi connectivity index (χ4n) is 5.31. The van der Waals surface area contributed by atoms with Gasteiger partial charge in [-0.25, -0.2) is 0 Å². The van der Waals surface area contributed by atoms with E-state index in [2.05, 4.69) is 78.9 Å². The van der Waals surface area contributed by atoms with Gasteiger partial charge in [-0.1, -0.05) is 65.8 Å². The van der Waals surface area contributed by atoms with E-state index < -0.39 is 14.1 Å². The Morgan fingerprint density at radius 3 is 1.89 bits per heavy atom. The van der Waals surface area contributed by atoms with Crippen LogP contribution in [0.15, 0.2) is 91.0 Å². The molecule has 162 valence electrons. The zero-order valence-electron chi connectivity index (χ0n) is 20.2. The van der Waals surface area contributed by atoms with Gasteiger partial charge in [-0.2, -0.15) is 0 Å². The van der Waals surface area contributed by atoms with Gasteiger partial charge in [0.25, 0.3) is 0 Å². The van der Waals surface area contributed by atoms with E-state index >= 15 is 0 Å². The van der Waals surface area contributed by atoms with Gasteiger partial charge in [0.05, 0.1) is 0 Å². The molecule has 0 aromatic heterocycles. The van der Waals surface area contributed by atoms with Crippen LogP contribution in [0.4, 0.5) is 0 Å². The molecule has 0 amide bonds. The minimum atomic E-state index is -3.12. The molecule has 8 heteroatoms. The molecule has 1 heterocycles. The van der Waals surface area contributed by atoms with Gasteiger partial charge in [-0.15, -0.1) is 0 Å². The first-order valence-electron chi connectivity index (χ1n) is 11.3. The van der Waals surface area contributed by atoms with Crippen molar-refractivity contribution in [2.24, 2.45) is 0 Å². The van der Waals surface area contributed by atoms with E-state index in [1.54, 1.807) is 0 Å². The number of fused-ring (bicyclic) bond motifs is 6. The van der Waals surface area contributed by atoms with E-state index in [9.17, 15) is 9.90 Å². The van der Waals surface area contributed by atoms with Gasteiger partial charge < -0.3 is 14.3 Å². The number of hydrogen-bond acceptors (Lipinski definition) is 3. The maximum absolute atomic E-state index is 13.9. The predicted octanol–water partition coefficient (Wildman–Crippen LogP) is -2.57. The average Bonchev–Trinajstić information content (AvgIpc) is 2.84. The van der Waals surface area contributed by atoms with E-state index in [0.717, 1.165) is 26.7 Å². The zero-order chi connectivity index (χ0) is 22.9. The summed E-state index contributed by atoms with van der Waals surface area (Å²) in [5.74, 6) is 0. The molecule has 0 spiro atoms. The number of rotatable bonds is 1. The molecular weight excluding hydrogens is 515 g/mol. The summed E-state index contributed by atoms with van der Waals surface area (Å²) in [4.78, 5) is 13.9. The Bertz CT molecular complexity index is 1780. The molecule has 2 unspecified atom stereocenters. The van der Waals surface area contributed by atoms with Crippen molar-refractivity contribution in [1.29, 1.82) is 0 Å². The van der Waals surface area contributed by atoms with E-state index in [4.69, 9.17) is 4.43 Å². The minimum absolute atomic E-state index is 0. The van der Waals surface area contributed by atoms with Gasteiger partial charge in [0.1, 0.15) is 0 Å². The van der Waals surface area contributed by atoms with Crippen LogP contribution in [0.5, 0.6) is 0 Å². The van der Waals surface area contributed by atoms with E-state index in [1.807, 2.05) is 12.1 Å². The van der Waals surface area contributed by atoms with E-state index in [1.165, 1.54) is 32.3 Å². The predicted molar refractivity (Wildman–Crippen MR) is 141 cm³/mol. The third-order valence-electron chi connectivity index (χ3n) is 6.99.